The molecule has 0 spiro atoms. The number of fused-ring (bicyclic) bond motifs is 1. The second kappa shape index (κ2) is 6.63. The zero-order valence-corrected chi connectivity index (χ0v) is 14.7. The van der Waals surface area contributed by atoms with Gasteiger partial charge in [0.15, 0.2) is 5.11 Å². The van der Waals surface area contributed by atoms with Crippen LogP contribution in [-0.4, -0.2) is 5.11 Å². The highest BCUT2D eigenvalue weighted by Gasteiger charge is 2.06. The van der Waals surface area contributed by atoms with E-state index in [9.17, 15) is 4.79 Å². The predicted octanol–water partition coefficient (Wildman–Crippen LogP) is 4.87. The van der Waals surface area contributed by atoms with Crippen molar-refractivity contribution in [2.24, 2.45) is 0 Å². The lowest BCUT2D eigenvalue weighted by Crippen LogP contribution is -2.19. The van der Waals surface area contributed by atoms with Crippen molar-refractivity contribution in [2.45, 2.75) is 13.8 Å². The van der Waals surface area contributed by atoms with Gasteiger partial charge in [0.2, 0.25) is 0 Å². The van der Waals surface area contributed by atoms with Gasteiger partial charge in [-0.1, -0.05) is 17.7 Å². The average molecular weight is 359 g/mol. The third kappa shape index (κ3) is 3.58. The first-order valence-electron chi connectivity index (χ1n) is 7.31. The molecule has 122 valence electrons. The number of anilines is 2. The Bertz CT molecular complexity index is 998. The van der Waals surface area contributed by atoms with Gasteiger partial charge in [-0.2, -0.15) is 0 Å². The molecule has 0 saturated heterocycles. The van der Waals surface area contributed by atoms with E-state index in [4.69, 9.17) is 28.2 Å². The Morgan fingerprint density at radius 1 is 1.04 bits per heavy atom. The number of aryl methyl sites for hydroxylation is 2. The Labute approximate surface area is 149 Å². The monoisotopic (exact) mass is 358 g/mol. The number of thiocarbonyl (C=S) groups is 1. The van der Waals surface area contributed by atoms with Crippen molar-refractivity contribution < 1.29 is 4.42 Å². The standard InChI is InChI=1S/C18H15ClN2O2S/c1-10-3-4-12(19)8-15(10)21-18(24)20-13-5-6-14-11(2)7-17(22)23-16(14)9-13/h3-9H,1-2H3,(H2,20,21,24). The molecule has 3 rings (SSSR count). The quantitative estimate of drug-likeness (QED) is 0.505. The van der Waals surface area contributed by atoms with Crippen molar-refractivity contribution in [1.29, 1.82) is 0 Å². The second-order valence-corrected chi connectivity index (χ2v) is 6.34. The number of halogens is 1. The molecule has 0 bridgehead atoms. The van der Waals surface area contributed by atoms with Crippen LogP contribution in [0.2, 0.25) is 5.02 Å². The average Bonchev–Trinajstić information content (AvgIpc) is 2.50. The molecule has 0 fully saturated rings. The van der Waals surface area contributed by atoms with Gasteiger partial charge in [-0.15, -0.1) is 0 Å². The van der Waals surface area contributed by atoms with Gasteiger partial charge in [0, 0.05) is 33.9 Å². The number of nitrogens with one attached hydrogen (secondary N) is 2. The van der Waals surface area contributed by atoms with Crippen LogP contribution < -0.4 is 16.3 Å². The minimum Gasteiger partial charge on any atom is -0.423 e. The van der Waals surface area contributed by atoms with Crippen molar-refractivity contribution in [1.82, 2.24) is 0 Å². The van der Waals surface area contributed by atoms with Crippen LogP contribution >= 0.6 is 23.8 Å². The Kier molecular flexibility index (Phi) is 4.55. The Hall–Kier alpha value is -2.37. The summed E-state index contributed by atoms with van der Waals surface area (Å²) in [4.78, 5) is 11.5. The highest BCUT2D eigenvalue weighted by Crippen LogP contribution is 2.22. The molecule has 0 atom stereocenters. The minimum absolute atomic E-state index is 0.368. The summed E-state index contributed by atoms with van der Waals surface area (Å²) in [7, 11) is 0. The molecule has 0 aliphatic rings. The normalized spacial score (nSPS) is 10.6. The fourth-order valence-electron chi connectivity index (χ4n) is 2.42. The van der Waals surface area contributed by atoms with Crippen molar-refractivity contribution in [3.8, 4) is 0 Å². The van der Waals surface area contributed by atoms with E-state index in [-0.39, 0.29) is 5.63 Å². The van der Waals surface area contributed by atoms with E-state index in [0.29, 0.717) is 15.7 Å². The summed E-state index contributed by atoms with van der Waals surface area (Å²) < 4.78 is 5.24. The van der Waals surface area contributed by atoms with Crippen molar-refractivity contribution in [3.63, 3.8) is 0 Å². The van der Waals surface area contributed by atoms with Crippen LogP contribution in [0.4, 0.5) is 11.4 Å². The third-order valence-corrected chi connectivity index (χ3v) is 4.10. The molecule has 2 aromatic carbocycles. The van der Waals surface area contributed by atoms with Crippen LogP contribution in [0, 0.1) is 13.8 Å². The molecular weight excluding hydrogens is 344 g/mol. The fourth-order valence-corrected chi connectivity index (χ4v) is 2.82. The molecule has 1 heterocycles. The summed E-state index contributed by atoms with van der Waals surface area (Å²) >= 11 is 11.3. The molecule has 6 heteroatoms. The molecule has 3 aromatic rings. The highest BCUT2D eigenvalue weighted by atomic mass is 35.5. The molecule has 0 amide bonds. The van der Waals surface area contributed by atoms with E-state index < -0.39 is 0 Å². The molecular formula is C18H15ClN2O2S. The molecule has 2 N–H and O–H groups in total. The van der Waals surface area contributed by atoms with Crippen LogP contribution in [0.25, 0.3) is 11.0 Å². The molecule has 1 aromatic heterocycles. The lowest BCUT2D eigenvalue weighted by Gasteiger charge is -2.13. The maximum atomic E-state index is 11.5. The van der Waals surface area contributed by atoms with E-state index in [1.54, 1.807) is 6.07 Å². The van der Waals surface area contributed by atoms with Gasteiger partial charge in [-0.3, -0.25) is 0 Å². The summed E-state index contributed by atoms with van der Waals surface area (Å²) in [6, 6.07) is 12.6. The van der Waals surface area contributed by atoms with Gasteiger partial charge >= 0.3 is 5.63 Å². The van der Waals surface area contributed by atoms with E-state index in [1.165, 1.54) is 6.07 Å². The summed E-state index contributed by atoms with van der Waals surface area (Å²) in [6.07, 6.45) is 0. The summed E-state index contributed by atoms with van der Waals surface area (Å²) in [5.41, 5.74) is 3.63. The first-order valence-corrected chi connectivity index (χ1v) is 8.10. The molecule has 0 unspecified atom stereocenters. The number of hydrogen-bond donors (Lipinski definition) is 2. The Balaban J connectivity index is 1.83. The Morgan fingerprint density at radius 3 is 2.62 bits per heavy atom. The van der Waals surface area contributed by atoms with Crippen molar-refractivity contribution in [3.05, 3.63) is 69.0 Å². The summed E-state index contributed by atoms with van der Waals surface area (Å²) in [5, 5.41) is 8.15. The van der Waals surface area contributed by atoms with Gasteiger partial charge in [0.05, 0.1) is 0 Å². The third-order valence-electron chi connectivity index (χ3n) is 3.66. The topological polar surface area (TPSA) is 54.3 Å². The lowest BCUT2D eigenvalue weighted by atomic mass is 10.1. The number of rotatable bonds is 2. The van der Waals surface area contributed by atoms with Gasteiger partial charge in [-0.05, 0) is 61.5 Å². The zero-order chi connectivity index (χ0) is 17.3. The number of benzene rings is 2. The zero-order valence-electron chi connectivity index (χ0n) is 13.1. The van der Waals surface area contributed by atoms with Gasteiger partial charge in [-0.25, -0.2) is 4.79 Å². The molecule has 24 heavy (non-hydrogen) atoms. The number of hydrogen-bond acceptors (Lipinski definition) is 3. The molecule has 0 aliphatic heterocycles. The molecule has 4 nitrogen and oxygen atoms in total. The smallest absolute Gasteiger partial charge is 0.336 e. The van der Waals surface area contributed by atoms with E-state index >= 15 is 0 Å². The van der Waals surface area contributed by atoms with Crippen molar-refractivity contribution in [2.75, 3.05) is 10.6 Å². The van der Waals surface area contributed by atoms with Crippen molar-refractivity contribution >= 4 is 51.3 Å². The van der Waals surface area contributed by atoms with E-state index in [1.807, 2.05) is 44.2 Å². The maximum absolute atomic E-state index is 11.5. The van der Waals surface area contributed by atoms with E-state index in [2.05, 4.69) is 10.6 Å². The molecule has 0 aliphatic carbocycles. The van der Waals surface area contributed by atoms with Crippen LogP contribution in [0.15, 0.2) is 51.7 Å². The summed E-state index contributed by atoms with van der Waals surface area (Å²) in [6.45, 7) is 3.84. The Morgan fingerprint density at radius 2 is 1.83 bits per heavy atom. The van der Waals surface area contributed by atoms with Gasteiger partial charge in [0.1, 0.15) is 5.58 Å². The largest absolute Gasteiger partial charge is 0.423 e. The maximum Gasteiger partial charge on any atom is 0.336 e. The second-order valence-electron chi connectivity index (χ2n) is 5.50. The fraction of sp³-hybridized carbons (Fsp3) is 0.111. The lowest BCUT2D eigenvalue weighted by molar-refractivity contribution is 0.560. The van der Waals surface area contributed by atoms with Gasteiger partial charge in [0.25, 0.3) is 0 Å². The molecule has 0 saturated carbocycles. The van der Waals surface area contributed by atoms with E-state index in [0.717, 1.165) is 27.9 Å². The van der Waals surface area contributed by atoms with Gasteiger partial charge < -0.3 is 15.1 Å². The predicted molar refractivity (Wildman–Crippen MR) is 103 cm³/mol. The first kappa shape index (κ1) is 16.5. The first-order chi connectivity index (χ1) is 11.4. The van der Waals surface area contributed by atoms with Crippen LogP contribution in [0.1, 0.15) is 11.1 Å². The van der Waals surface area contributed by atoms with Crippen LogP contribution in [-0.2, 0) is 0 Å². The SMILES string of the molecule is Cc1ccc(Cl)cc1NC(=S)Nc1ccc2c(C)cc(=O)oc2c1. The van der Waals surface area contributed by atoms with Crippen LogP contribution in [0.3, 0.4) is 0 Å². The molecule has 0 radical (unpaired) electrons. The minimum atomic E-state index is -0.368. The van der Waals surface area contributed by atoms with Crippen LogP contribution in [0.5, 0.6) is 0 Å². The summed E-state index contributed by atoms with van der Waals surface area (Å²) in [5.74, 6) is 0. The highest BCUT2D eigenvalue weighted by molar-refractivity contribution is 7.80.